The first-order valence-corrected chi connectivity index (χ1v) is 7.42. The summed E-state index contributed by atoms with van der Waals surface area (Å²) in [5.41, 5.74) is 1.83. The Morgan fingerprint density at radius 2 is 1.95 bits per heavy atom. The van der Waals surface area contributed by atoms with Crippen molar-refractivity contribution in [3.05, 3.63) is 69.8 Å². The highest BCUT2D eigenvalue weighted by atomic mass is 79.9. The minimum atomic E-state index is -0.252. The molecule has 1 N–H and O–H groups in total. The number of hydrogen-bond acceptors (Lipinski definition) is 2. The number of nitrogens with one attached hydrogen (secondary N) is 1. The van der Waals surface area contributed by atoms with Crippen molar-refractivity contribution in [1.29, 1.82) is 0 Å². The van der Waals surface area contributed by atoms with Gasteiger partial charge in [0.15, 0.2) is 0 Å². The van der Waals surface area contributed by atoms with Crippen molar-refractivity contribution in [2.75, 3.05) is 5.32 Å². The molecule has 21 heavy (non-hydrogen) atoms. The van der Waals surface area contributed by atoms with Crippen LogP contribution in [0, 0.1) is 0 Å². The van der Waals surface area contributed by atoms with E-state index in [2.05, 4.69) is 26.2 Å². The molecule has 0 aliphatic heterocycles. The predicted molar refractivity (Wildman–Crippen MR) is 88.8 cm³/mol. The van der Waals surface area contributed by atoms with E-state index in [9.17, 15) is 4.79 Å². The first-order chi connectivity index (χ1) is 10.1. The highest BCUT2D eigenvalue weighted by Crippen LogP contribution is 2.25. The fourth-order valence-electron chi connectivity index (χ4n) is 2.07. The summed E-state index contributed by atoms with van der Waals surface area (Å²) in [6.07, 6.45) is 1.70. The molecular formula is C16H10BrClN2O. The molecule has 0 spiro atoms. The standard InChI is InChI=1S/C16H10BrClN2O/c17-11-8-10-4-3-7-14(15(10)19-9-11)20-16(21)12-5-1-2-6-13(12)18/h1-9H,(H,20,21). The van der Waals surface area contributed by atoms with E-state index in [1.54, 1.807) is 30.5 Å². The van der Waals surface area contributed by atoms with Gasteiger partial charge in [0.2, 0.25) is 0 Å². The summed E-state index contributed by atoms with van der Waals surface area (Å²) >= 11 is 9.43. The van der Waals surface area contributed by atoms with Crippen LogP contribution in [0.4, 0.5) is 5.69 Å². The molecule has 0 radical (unpaired) electrons. The van der Waals surface area contributed by atoms with E-state index >= 15 is 0 Å². The fraction of sp³-hybridized carbons (Fsp3) is 0. The molecule has 0 aliphatic carbocycles. The summed E-state index contributed by atoms with van der Waals surface area (Å²) in [5, 5.41) is 4.23. The molecule has 0 aliphatic rings. The van der Waals surface area contributed by atoms with Gasteiger partial charge in [0.25, 0.3) is 5.91 Å². The largest absolute Gasteiger partial charge is 0.320 e. The number of anilines is 1. The van der Waals surface area contributed by atoms with E-state index in [1.807, 2.05) is 24.3 Å². The second kappa shape index (κ2) is 5.84. The van der Waals surface area contributed by atoms with Crippen LogP contribution in [-0.2, 0) is 0 Å². The number of rotatable bonds is 2. The van der Waals surface area contributed by atoms with E-state index in [-0.39, 0.29) is 5.91 Å². The van der Waals surface area contributed by atoms with Crippen molar-refractivity contribution in [2.45, 2.75) is 0 Å². The Hall–Kier alpha value is -1.91. The number of benzene rings is 2. The first kappa shape index (κ1) is 14.0. The number of aromatic nitrogens is 1. The van der Waals surface area contributed by atoms with Gasteiger partial charge in [0.1, 0.15) is 0 Å². The average molecular weight is 362 g/mol. The van der Waals surface area contributed by atoms with Gasteiger partial charge in [-0.1, -0.05) is 35.9 Å². The van der Waals surface area contributed by atoms with Gasteiger partial charge in [-0.25, -0.2) is 0 Å². The van der Waals surface area contributed by atoms with Gasteiger partial charge in [0.05, 0.1) is 21.8 Å². The molecule has 1 amide bonds. The van der Waals surface area contributed by atoms with Gasteiger partial charge in [-0.05, 0) is 40.2 Å². The molecule has 104 valence electrons. The number of amides is 1. The highest BCUT2D eigenvalue weighted by Gasteiger charge is 2.11. The molecule has 0 fully saturated rings. The lowest BCUT2D eigenvalue weighted by Gasteiger charge is -2.09. The number of carbonyl (C=O) groups excluding carboxylic acids is 1. The van der Waals surface area contributed by atoms with Crippen LogP contribution in [0.3, 0.4) is 0 Å². The summed E-state index contributed by atoms with van der Waals surface area (Å²) in [6, 6.07) is 14.5. The minimum absolute atomic E-state index is 0.252. The third-order valence-electron chi connectivity index (χ3n) is 3.04. The van der Waals surface area contributed by atoms with Gasteiger partial charge < -0.3 is 5.32 Å². The van der Waals surface area contributed by atoms with E-state index in [4.69, 9.17) is 11.6 Å². The molecular weight excluding hydrogens is 352 g/mol. The summed E-state index contributed by atoms with van der Waals surface area (Å²) in [7, 11) is 0. The fourth-order valence-corrected chi connectivity index (χ4v) is 2.64. The molecule has 0 atom stereocenters. The van der Waals surface area contributed by atoms with Gasteiger partial charge in [-0.3, -0.25) is 9.78 Å². The van der Waals surface area contributed by atoms with Crippen molar-refractivity contribution >= 4 is 50.0 Å². The van der Waals surface area contributed by atoms with Crippen LogP contribution in [0.5, 0.6) is 0 Å². The van der Waals surface area contributed by atoms with E-state index in [1.165, 1.54) is 0 Å². The lowest BCUT2D eigenvalue weighted by Crippen LogP contribution is -2.12. The highest BCUT2D eigenvalue weighted by molar-refractivity contribution is 9.10. The van der Waals surface area contributed by atoms with E-state index in [0.717, 1.165) is 15.4 Å². The Balaban J connectivity index is 1.99. The van der Waals surface area contributed by atoms with Crippen LogP contribution in [-0.4, -0.2) is 10.9 Å². The lowest BCUT2D eigenvalue weighted by molar-refractivity contribution is 0.102. The van der Waals surface area contributed by atoms with Crippen molar-refractivity contribution < 1.29 is 4.79 Å². The quantitative estimate of drug-likeness (QED) is 0.705. The first-order valence-electron chi connectivity index (χ1n) is 6.25. The third kappa shape index (κ3) is 2.91. The Morgan fingerprint density at radius 3 is 2.76 bits per heavy atom. The predicted octanol–water partition coefficient (Wildman–Crippen LogP) is 4.90. The number of hydrogen-bond donors (Lipinski definition) is 1. The Bertz CT molecular complexity index is 835. The average Bonchev–Trinajstić information content (AvgIpc) is 2.47. The summed E-state index contributed by atoms with van der Waals surface area (Å²) in [6.45, 7) is 0. The Morgan fingerprint density at radius 1 is 1.14 bits per heavy atom. The summed E-state index contributed by atoms with van der Waals surface area (Å²) in [4.78, 5) is 16.7. The zero-order chi connectivity index (χ0) is 14.8. The zero-order valence-electron chi connectivity index (χ0n) is 10.8. The molecule has 2 aromatic carbocycles. The van der Waals surface area contributed by atoms with Crippen LogP contribution in [0.2, 0.25) is 5.02 Å². The van der Waals surface area contributed by atoms with Crippen LogP contribution >= 0.6 is 27.5 Å². The van der Waals surface area contributed by atoms with Gasteiger partial charge >= 0.3 is 0 Å². The number of carbonyl (C=O) groups is 1. The van der Waals surface area contributed by atoms with Gasteiger partial charge in [-0.15, -0.1) is 0 Å². The number of nitrogens with zero attached hydrogens (tertiary/aromatic N) is 1. The number of fused-ring (bicyclic) bond motifs is 1. The smallest absolute Gasteiger partial charge is 0.257 e. The maximum Gasteiger partial charge on any atom is 0.257 e. The SMILES string of the molecule is O=C(Nc1cccc2cc(Br)cnc12)c1ccccc1Cl. The molecule has 0 saturated heterocycles. The minimum Gasteiger partial charge on any atom is -0.320 e. The second-order valence-corrected chi connectivity index (χ2v) is 5.79. The molecule has 0 unspecified atom stereocenters. The molecule has 1 aromatic heterocycles. The van der Waals surface area contributed by atoms with Crippen LogP contribution in [0.15, 0.2) is 59.2 Å². The molecule has 5 heteroatoms. The molecule has 0 bridgehead atoms. The normalized spacial score (nSPS) is 10.6. The molecule has 3 aromatic rings. The Kier molecular flexibility index (Phi) is 3.90. The number of halogens is 2. The van der Waals surface area contributed by atoms with E-state index in [0.29, 0.717) is 16.3 Å². The Labute approximate surface area is 135 Å². The number of para-hydroxylation sites is 1. The van der Waals surface area contributed by atoms with Gasteiger partial charge in [-0.2, -0.15) is 0 Å². The van der Waals surface area contributed by atoms with Crippen LogP contribution < -0.4 is 5.32 Å². The molecule has 0 saturated carbocycles. The molecule has 1 heterocycles. The van der Waals surface area contributed by atoms with Crippen molar-refractivity contribution in [3.8, 4) is 0 Å². The summed E-state index contributed by atoms with van der Waals surface area (Å²) in [5.74, 6) is -0.252. The zero-order valence-corrected chi connectivity index (χ0v) is 13.1. The molecule has 3 rings (SSSR count). The third-order valence-corrected chi connectivity index (χ3v) is 3.81. The second-order valence-electron chi connectivity index (χ2n) is 4.46. The van der Waals surface area contributed by atoms with Gasteiger partial charge in [0, 0.05) is 16.1 Å². The number of pyridine rings is 1. The maximum atomic E-state index is 12.3. The monoisotopic (exact) mass is 360 g/mol. The molecule has 3 nitrogen and oxygen atoms in total. The van der Waals surface area contributed by atoms with Crippen LogP contribution in [0.25, 0.3) is 10.9 Å². The van der Waals surface area contributed by atoms with Crippen molar-refractivity contribution in [3.63, 3.8) is 0 Å². The lowest BCUT2D eigenvalue weighted by atomic mass is 10.1. The van der Waals surface area contributed by atoms with Crippen LogP contribution in [0.1, 0.15) is 10.4 Å². The maximum absolute atomic E-state index is 12.3. The van der Waals surface area contributed by atoms with Crippen molar-refractivity contribution in [2.24, 2.45) is 0 Å². The topological polar surface area (TPSA) is 42.0 Å². The summed E-state index contributed by atoms with van der Waals surface area (Å²) < 4.78 is 0.893. The van der Waals surface area contributed by atoms with E-state index < -0.39 is 0 Å². The van der Waals surface area contributed by atoms with Crippen molar-refractivity contribution in [1.82, 2.24) is 4.98 Å².